The highest BCUT2D eigenvalue weighted by molar-refractivity contribution is 6.59. The van der Waals surface area contributed by atoms with E-state index in [4.69, 9.17) is 0 Å². The van der Waals surface area contributed by atoms with Gasteiger partial charge in [0, 0.05) is 45.7 Å². The van der Waals surface area contributed by atoms with Crippen molar-refractivity contribution in [3.8, 4) is 0 Å². The van der Waals surface area contributed by atoms with E-state index in [0.29, 0.717) is 37.2 Å². The number of aliphatic hydroxyl groups is 2. The van der Waals surface area contributed by atoms with Gasteiger partial charge in [-0.2, -0.15) is 0 Å². The van der Waals surface area contributed by atoms with E-state index in [1.54, 1.807) is 12.1 Å². The quantitative estimate of drug-likeness (QED) is 0.0493. The number of aliphatic hydroxyl groups excluding tert-OH is 1. The van der Waals surface area contributed by atoms with Crippen molar-refractivity contribution in [2.45, 2.75) is 51.7 Å². The monoisotopic (exact) mass is 664 g/mol. The Morgan fingerprint density at radius 3 is 1.37 bits per heavy atom. The summed E-state index contributed by atoms with van der Waals surface area (Å²) in [6, 6.07) is 30.5. The van der Waals surface area contributed by atoms with Gasteiger partial charge >= 0.3 is 19.1 Å². The van der Waals surface area contributed by atoms with Gasteiger partial charge in [-0.15, -0.1) is 0 Å². The molecule has 10 nitrogen and oxygen atoms in total. The lowest BCUT2D eigenvalue weighted by atomic mass is 9.77. The number of carboxylic acids is 2. The molecular formula is C38H41BN2O8. The summed E-state index contributed by atoms with van der Waals surface area (Å²) in [6.45, 7) is 2.03. The second-order valence-electron chi connectivity index (χ2n) is 12.3. The molecular weight excluding hydrogens is 623 g/mol. The Morgan fingerprint density at radius 1 is 0.551 bits per heavy atom. The van der Waals surface area contributed by atoms with E-state index in [1.807, 2.05) is 89.8 Å². The molecule has 0 unspecified atom stereocenters. The van der Waals surface area contributed by atoms with E-state index < -0.39 is 25.3 Å². The van der Waals surface area contributed by atoms with Crippen molar-refractivity contribution in [2.24, 2.45) is 0 Å². The second-order valence-corrected chi connectivity index (χ2v) is 12.3. The van der Waals surface area contributed by atoms with Gasteiger partial charge in [-0.05, 0) is 54.8 Å². The minimum absolute atomic E-state index is 0.0591. The summed E-state index contributed by atoms with van der Waals surface area (Å²) < 4.78 is 0. The maximum atomic E-state index is 11.7. The molecule has 0 spiro atoms. The Labute approximate surface area is 285 Å². The van der Waals surface area contributed by atoms with E-state index in [-0.39, 0.29) is 32.4 Å². The largest absolute Gasteiger partial charge is 0.488 e. The van der Waals surface area contributed by atoms with E-state index in [9.17, 15) is 40.1 Å². The number of hydrogen-bond acceptors (Lipinski definition) is 8. The minimum Gasteiger partial charge on any atom is -0.481 e. The zero-order valence-electron chi connectivity index (χ0n) is 27.2. The van der Waals surface area contributed by atoms with Gasteiger partial charge in [0.25, 0.3) is 0 Å². The third kappa shape index (κ3) is 9.30. The van der Waals surface area contributed by atoms with Gasteiger partial charge in [-0.3, -0.25) is 19.4 Å². The van der Waals surface area contributed by atoms with Crippen LogP contribution in [0.5, 0.6) is 0 Å². The summed E-state index contributed by atoms with van der Waals surface area (Å²) in [5.41, 5.74) is 4.74. The van der Waals surface area contributed by atoms with E-state index in [0.717, 1.165) is 43.8 Å². The average molecular weight is 665 g/mol. The SMILES string of the molecule is O=C(O)CCN(Cc1ccccc1CC(O)O)Cc1c2ccccc2c(CN(CCC(=O)O)Cc2ccccc2B(O)O)c2ccccc12. The molecule has 0 radical (unpaired) electrons. The van der Waals surface area contributed by atoms with E-state index in [2.05, 4.69) is 4.90 Å². The van der Waals surface area contributed by atoms with Crippen molar-refractivity contribution in [3.05, 3.63) is 125 Å². The van der Waals surface area contributed by atoms with Crippen LogP contribution in [0.3, 0.4) is 0 Å². The van der Waals surface area contributed by atoms with Gasteiger partial charge in [0.1, 0.15) is 0 Å². The van der Waals surface area contributed by atoms with Crippen molar-refractivity contribution in [1.29, 1.82) is 0 Å². The molecule has 0 aliphatic rings. The van der Waals surface area contributed by atoms with Crippen LogP contribution >= 0.6 is 0 Å². The fraction of sp³-hybridized carbons (Fsp3) is 0.263. The van der Waals surface area contributed by atoms with Crippen LogP contribution in [0.4, 0.5) is 0 Å². The third-order valence-electron chi connectivity index (χ3n) is 8.84. The maximum Gasteiger partial charge on any atom is 0.488 e. The van der Waals surface area contributed by atoms with Crippen molar-refractivity contribution >= 4 is 46.1 Å². The van der Waals surface area contributed by atoms with Crippen LogP contribution in [0, 0.1) is 0 Å². The Hall–Kier alpha value is -4.62. The molecule has 0 atom stereocenters. The first-order valence-corrected chi connectivity index (χ1v) is 16.3. The maximum absolute atomic E-state index is 11.7. The summed E-state index contributed by atoms with van der Waals surface area (Å²) in [7, 11) is -1.66. The first kappa shape index (κ1) is 35.7. The molecule has 0 fully saturated rings. The molecule has 5 rings (SSSR count). The smallest absolute Gasteiger partial charge is 0.481 e. The Morgan fingerprint density at radius 2 is 0.939 bits per heavy atom. The highest BCUT2D eigenvalue weighted by Crippen LogP contribution is 2.35. The number of rotatable bonds is 17. The second kappa shape index (κ2) is 16.7. The molecule has 49 heavy (non-hydrogen) atoms. The van der Waals surface area contributed by atoms with Crippen LogP contribution in [0.2, 0.25) is 0 Å². The molecule has 0 saturated heterocycles. The van der Waals surface area contributed by atoms with Gasteiger partial charge in [0.05, 0.1) is 12.8 Å². The number of carboxylic acid groups (broad SMARTS) is 2. The topological polar surface area (TPSA) is 162 Å². The van der Waals surface area contributed by atoms with E-state index >= 15 is 0 Å². The Balaban J connectivity index is 1.58. The van der Waals surface area contributed by atoms with Crippen molar-refractivity contribution in [1.82, 2.24) is 9.80 Å². The lowest BCUT2D eigenvalue weighted by Gasteiger charge is -2.28. The van der Waals surface area contributed by atoms with Gasteiger partial charge in [0.2, 0.25) is 0 Å². The first-order valence-electron chi connectivity index (χ1n) is 16.3. The molecule has 0 heterocycles. The predicted octanol–water partition coefficient (Wildman–Crippen LogP) is 3.48. The number of aliphatic carboxylic acids is 2. The molecule has 0 bridgehead atoms. The predicted molar refractivity (Wildman–Crippen MR) is 189 cm³/mol. The highest BCUT2D eigenvalue weighted by Gasteiger charge is 2.22. The van der Waals surface area contributed by atoms with Crippen LogP contribution in [-0.2, 0) is 42.2 Å². The van der Waals surface area contributed by atoms with Crippen molar-refractivity contribution < 1.29 is 40.1 Å². The first-order chi connectivity index (χ1) is 23.6. The molecule has 5 aromatic rings. The molecule has 0 amide bonds. The van der Waals surface area contributed by atoms with Crippen molar-refractivity contribution in [2.75, 3.05) is 13.1 Å². The van der Waals surface area contributed by atoms with Crippen LogP contribution in [0.1, 0.15) is 40.7 Å². The van der Waals surface area contributed by atoms with Crippen LogP contribution in [0.25, 0.3) is 21.5 Å². The highest BCUT2D eigenvalue weighted by atomic mass is 16.5. The number of benzene rings is 5. The van der Waals surface area contributed by atoms with Crippen molar-refractivity contribution in [3.63, 3.8) is 0 Å². The Bertz CT molecular complexity index is 1860. The summed E-state index contributed by atoms with van der Waals surface area (Å²) in [5, 5.41) is 62.5. The van der Waals surface area contributed by atoms with Crippen LogP contribution in [0.15, 0.2) is 97.1 Å². The molecule has 5 aromatic carbocycles. The minimum atomic E-state index is -1.66. The molecule has 11 heteroatoms. The molecule has 0 aromatic heterocycles. The van der Waals surface area contributed by atoms with Gasteiger partial charge < -0.3 is 30.5 Å². The summed E-state index contributed by atoms with van der Waals surface area (Å²) >= 11 is 0. The van der Waals surface area contributed by atoms with E-state index in [1.165, 1.54) is 0 Å². The standard InChI is InChI=1S/C38H41BN2O8/c42-36(43)17-19-40(22-27-10-2-1-9-26(27)21-38(46)47)24-33-29-12-4-6-14-31(29)34(32-15-7-5-13-30(32)33)25-41(20-18-37(44)45)23-28-11-3-8-16-35(28)39(48)49/h1-16,38,46-49H,17-25H2,(H,42,43)(H,44,45). The zero-order chi connectivity index (χ0) is 34.9. The van der Waals surface area contributed by atoms with Gasteiger partial charge in [0.15, 0.2) is 6.29 Å². The fourth-order valence-electron chi connectivity index (χ4n) is 6.55. The average Bonchev–Trinajstić information content (AvgIpc) is 3.07. The number of nitrogens with zero attached hydrogens (tertiary/aromatic N) is 2. The summed E-state index contributed by atoms with van der Waals surface area (Å²) in [4.78, 5) is 27.5. The summed E-state index contributed by atoms with van der Waals surface area (Å²) in [5.74, 6) is -1.84. The summed E-state index contributed by atoms with van der Waals surface area (Å²) in [6.07, 6.45) is -1.61. The lowest BCUT2D eigenvalue weighted by molar-refractivity contribution is -0.138. The van der Waals surface area contributed by atoms with Gasteiger partial charge in [-0.1, -0.05) is 97.1 Å². The third-order valence-corrected chi connectivity index (χ3v) is 8.84. The molecule has 0 aliphatic heterocycles. The fourth-order valence-corrected chi connectivity index (χ4v) is 6.55. The van der Waals surface area contributed by atoms with Crippen LogP contribution < -0.4 is 5.46 Å². The number of carbonyl (C=O) groups is 2. The normalized spacial score (nSPS) is 11.7. The van der Waals surface area contributed by atoms with Crippen LogP contribution in [-0.4, -0.2) is 78.7 Å². The molecule has 0 saturated carbocycles. The number of fused-ring (bicyclic) bond motifs is 2. The molecule has 0 aliphatic carbocycles. The zero-order valence-corrected chi connectivity index (χ0v) is 27.2. The molecule has 254 valence electrons. The lowest BCUT2D eigenvalue weighted by Crippen LogP contribution is -2.36. The van der Waals surface area contributed by atoms with Gasteiger partial charge in [-0.25, -0.2) is 0 Å². The number of hydrogen-bond donors (Lipinski definition) is 6. The molecule has 6 N–H and O–H groups in total. The Kier molecular flexibility index (Phi) is 12.1.